The molecule has 5 rings (SSSR count). The van der Waals surface area contributed by atoms with Crippen LogP contribution in [0.3, 0.4) is 0 Å². The molecule has 0 amide bonds. The van der Waals surface area contributed by atoms with Crippen LogP contribution >= 0.6 is 22.9 Å². The molecule has 3 heterocycles. The third kappa shape index (κ3) is 2.95. The second kappa shape index (κ2) is 6.25. The van der Waals surface area contributed by atoms with Crippen LogP contribution < -0.4 is 15.4 Å². The van der Waals surface area contributed by atoms with Crippen molar-refractivity contribution < 1.29 is 0 Å². The van der Waals surface area contributed by atoms with E-state index in [1.54, 1.807) is 17.4 Å². The number of hydrogen-bond donors (Lipinski definition) is 1. The first-order chi connectivity index (χ1) is 12.7. The Hall–Kier alpha value is -2.12. The highest BCUT2D eigenvalue weighted by Crippen LogP contribution is 2.39. The van der Waals surface area contributed by atoms with E-state index in [0.29, 0.717) is 16.9 Å². The number of halogens is 1. The quantitative estimate of drug-likeness (QED) is 0.747. The number of piperazine rings is 1. The minimum Gasteiger partial charge on any atom is -0.345 e. The zero-order valence-corrected chi connectivity index (χ0v) is 15.7. The average molecular weight is 388 g/mol. The summed E-state index contributed by atoms with van der Waals surface area (Å²) in [6.07, 6.45) is 2.29. The predicted octanol–water partition coefficient (Wildman–Crippen LogP) is 3.24. The van der Waals surface area contributed by atoms with Crippen molar-refractivity contribution in [1.29, 1.82) is 0 Å². The molecule has 6 nitrogen and oxygen atoms in total. The number of aromatic amines is 1. The molecule has 1 saturated heterocycles. The van der Waals surface area contributed by atoms with Crippen LogP contribution in [-0.4, -0.2) is 41.1 Å². The van der Waals surface area contributed by atoms with Crippen LogP contribution in [0.25, 0.3) is 10.2 Å². The molecule has 3 aromatic rings. The van der Waals surface area contributed by atoms with Gasteiger partial charge in [0.1, 0.15) is 5.52 Å². The van der Waals surface area contributed by atoms with E-state index in [0.717, 1.165) is 60.1 Å². The average Bonchev–Trinajstić information content (AvgIpc) is 3.41. The molecule has 2 aliphatic rings. The number of nitrogens with zero attached hydrogens (tertiary/aromatic N) is 4. The molecule has 8 heteroatoms. The van der Waals surface area contributed by atoms with Crippen molar-refractivity contribution >= 4 is 44.2 Å². The number of anilines is 2. The fourth-order valence-corrected chi connectivity index (χ4v) is 4.67. The SMILES string of the molecule is O=c1cc(C2CC2)nc(N2CCN(c3nc4c(Cl)cccc4s3)CC2)[nH]1. The summed E-state index contributed by atoms with van der Waals surface area (Å²) in [6.45, 7) is 3.30. The van der Waals surface area contributed by atoms with Crippen LogP contribution in [-0.2, 0) is 0 Å². The van der Waals surface area contributed by atoms with Crippen LogP contribution in [0.5, 0.6) is 0 Å². The zero-order chi connectivity index (χ0) is 17.7. The number of nitrogens with one attached hydrogen (secondary N) is 1. The van der Waals surface area contributed by atoms with Gasteiger partial charge < -0.3 is 9.80 Å². The van der Waals surface area contributed by atoms with Crippen molar-refractivity contribution in [2.75, 3.05) is 36.0 Å². The molecule has 2 aromatic heterocycles. The number of rotatable bonds is 3. The highest BCUT2D eigenvalue weighted by atomic mass is 35.5. The minimum atomic E-state index is -0.0554. The molecule has 1 aromatic carbocycles. The lowest BCUT2D eigenvalue weighted by atomic mass is 10.3. The third-order valence-electron chi connectivity index (χ3n) is 4.95. The number of hydrogen-bond acceptors (Lipinski definition) is 6. The summed E-state index contributed by atoms with van der Waals surface area (Å²) in [6, 6.07) is 7.53. The minimum absolute atomic E-state index is 0.0554. The Morgan fingerprint density at radius 1 is 1.12 bits per heavy atom. The van der Waals surface area contributed by atoms with Crippen LogP contribution in [0.1, 0.15) is 24.5 Å². The second-order valence-corrected chi connectivity index (χ2v) is 8.24. The number of fused-ring (bicyclic) bond motifs is 1. The topological polar surface area (TPSA) is 65.1 Å². The van der Waals surface area contributed by atoms with E-state index >= 15 is 0 Å². The summed E-state index contributed by atoms with van der Waals surface area (Å²) in [5.74, 6) is 1.18. The second-order valence-electron chi connectivity index (χ2n) is 6.83. The largest absolute Gasteiger partial charge is 0.345 e. The van der Waals surface area contributed by atoms with Gasteiger partial charge in [-0.2, -0.15) is 0 Å². The van der Waals surface area contributed by atoms with Gasteiger partial charge in [-0.05, 0) is 25.0 Å². The van der Waals surface area contributed by atoms with Crippen molar-refractivity contribution in [2.24, 2.45) is 0 Å². The Bertz CT molecular complexity index is 1020. The Kier molecular flexibility index (Phi) is 3.86. The summed E-state index contributed by atoms with van der Waals surface area (Å²) in [5, 5.41) is 1.70. The van der Waals surface area contributed by atoms with Gasteiger partial charge in [-0.3, -0.25) is 9.78 Å². The molecule has 0 bridgehead atoms. The first-order valence-corrected chi connectivity index (χ1v) is 10.0. The molecule has 1 aliphatic heterocycles. The third-order valence-corrected chi connectivity index (χ3v) is 6.34. The van der Waals surface area contributed by atoms with Crippen LogP contribution in [0, 0.1) is 0 Å². The summed E-state index contributed by atoms with van der Waals surface area (Å²) < 4.78 is 1.11. The molecule has 0 radical (unpaired) electrons. The van der Waals surface area contributed by atoms with E-state index in [1.165, 1.54) is 0 Å². The number of para-hydroxylation sites is 1. The molecule has 26 heavy (non-hydrogen) atoms. The maximum atomic E-state index is 11.9. The molecule has 1 aliphatic carbocycles. The molecular formula is C18H18ClN5OS. The monoisotopic (exact) mass is 387 g/mol. The van der Waals surface area contributed by atoms with Crippen LogP contribution in [0.2, 0.25) is 5.02 Å². The maximum Gasteiger partial charge on any atom is 0.252 e. The van der Waals surface area contributed by atoms with Gasteiger partial charge in [0.25, 0.3) is 5.56 Å². The first-order valence-electron chi connectivity index (χ1n) is 8.83. The predicted molar refractivity (Wildman–Crippen MR) is 106 cm³/mol. The van der Waals surface area contributed by atoms with Crippen molar-refractivity contribution in [3.63, 3.8) is 0 Å². The van der Waals surface area contributed by atoms with Gasteiger partial charge in [-0.15, -0.1) is 0 Å². The number of aromatic nitrogens is 3. The smallest absolute Gasteiger partial charge is 0.252 e. The molecule has 0 atom stereocenters. The summed E-state index contributed by atoms with van der Waals surface area (Å²) >= 11 is 7.92. The molecule has 1 N–H and O–H groups in total. The van der Waals surface area contributed by atoms with Gasteiger partial charge in [0, 0.05) is 38.2 Å². The first kappa shape index (κ1) is 16.1. The Labute approximate surface area is 159 Å². The van der Waals surface area contributed by atoms with Crippen molar-refractivity contribution in [1.82, 2.24) is 15.0 Å². The maximum absolute atomic E-state index is 11.9. The van der Waals surface area contributed by atoms with Crippen molar-refractivity contribution in [3.05, 3.63) is 45.3 Å². The van der Waals surface area contributed by atoms with E-state index < -0.39 is 0 Å². The van der Waals surface area contributed by atoms with Gasteiger partial charge >= 0.3 is 0 Å². The molecule has 0 spiro atoms. The molecular weight excluding hydrogens is 370 g/mol. The molecule has 134 valence electrons. The van der Waals surface area contributed by atoms with E-state index in [-0.39, 0.29) is 5.56 Å². The van der Waals surface area contributed by atoms with E-state index in [1.807, 2.05) is 12.1 Å². The van der Waals surface area contributed by atoms with E-state index in [2.05, 4.69) is 25.8 Å². The zero-order valence-electron chi connectivity index (χ0n) is 14.1. The van der Waals surface area contributed by atoms with Gasteiger partial charge in [0.15, 0.2) is 5.13 Å². The van der Waals surface area contributed by atoms with Gasteiger partial charge in [0.2, 0.25) is 5.95 Å². The van der Waals surface area contributed by atoms with Gasteiger partial charge in [0.05, 0.1) is 15.4 Å². The summed E-state index contributed by atoms with van der Waals surface area (Å²) in [7, 11) is 0. The lowest BCUT2D eigenvalue weighted by molar-refractivity contribution is 0.636. The number of H-pyrrole nitrogens is 1. The van der Waals surface area contributed by atoms with Crippen molar-refractivity contribution in [2.45, 2.75) is 18.8 Å². The molecule has 2 fully saturated rings. The lowest BCUT2D eigenvalue weighted by Gasteiger charge is -2.34. The van der Waals surface area contributed by atoms with Gasteiger partial charge in [-0.1, -0.05) is 29.0 Å². The fraction of sp³-hybridized carbons (Fsp3) is 0.389. The number of thiazole rings is 1. The van der Waals surface area contributed by atoms with Gasteiger partial charge in [-0.25, -0.2) is 9.97 Å². The van der Waals surface area contributed by atoms with E-state index in [9.17, 15) is 4.79 Å². The normalized spacial score (nSPS) is 17.9. The van der Waals surface area contributed by atoms with Crippen LogP contribution in [0.4, 0.5) is 11.1 Å². The molecule has 0 unspecified atom stereocenters. The van der Waals surface area contributed by atoms with E-state index in [4.69, 9.17) is 16.6 Å². The Balaban J connectivity index is 1.34. The highest BCUT2D eigenvalue weighted by Gasteiger charge is 2.27. The Morgan fingerprint density at radius 2 is 1.88 bits per heavy atom. The number of benzene rings is 1. The molecule has 1 saturated carbocycles. The van der Waals surface area contributed by atoms with Crippen LogP contribution in [0.15, 0.2) is 29.1 Å². The standard InChI is InChI=1S/C18H18ClN5OS/c19-12-2-1-3-14-16(12)22-18(26-14)24-8-6-23(7-9-24)17-20-13(11-4-5-11)10-15(25)21-17/h1-3,10-11H,4-9H2,(H,20,21,25). The Morgan fingerprint density at radius 3 is 2.62 bits per heavy atom. The fourth-order valence-electron chi connectivity index (χ4n) is 3.35. The lowest BCUT2D eigenvalue weighted by Crippen LogP contribution is -2.47. The van der Waals surface area contributed by atoms with Crippen molar-refractivity contribution in [3.8, 4) is 0 Å². The summed E-state index contributed by atoms with van der Waals surface area (Å²) in [4.78, 5) is 28.7. The summed E-state index contributed by atoms with van der Waals surface area (Å²) in [5.41, 5.74) is 1.76. The highest BCUT2D eigenvalue weighted by molar-refractivity contribution is 7.22.